The average Bonchev–Trinajstić information content (AvgIpc) is 2.69. The van der Waals surface area contributed by atoms with Crippen molar-refractivity contribution in [1.29, 1.82) is 0 Å². The van der Waals surface area contributed by atoms with Crippen LogP contribution in [0, 0.1) is 17.8 Å². The summed E-state index contributed by atoms with van der Waals surface area (Å²) >= 11 is 0. The summed E-state index contributed by atoms with van der Waals surface area (Å²) in [7, 11) is 0. The maximum atomic E-state index is 12.0. The van der Waals surface area contributed by atoms with E-state index < -0.39 is 5.60 Å². The number of amides is 1. The molecule has 0 spiro atoms. The van der Waals surface area contributed by atoms with Gasteiger partial charge in [0.1, 0.15) is 5.60 Å². The molecule has 3 atom stereocenters. The smallest absolute Gasteiger partial charge is 0.410 e. The maximum Gasteiger partial charge on any atom is 0.410 e. The van der Waals surface area contributed by atoms with E-state index in [1.165, 1.54) is 0 Å². The Balaban J connectivity index is 1.87. The molecule has 0 radical (unpaired) electrons. The van der Waals surface area contributed by atoms with Gasteiger partial charge in [-0.3, -0.25) is 0 Å². The molecule has 4 heteroatoms. The van der Waals surface area contributed by atoms with Crippen LogP contribution >= 0.6 is 0 Å². The van der Waals surface area contributed by atoms with Gasteiger partial charge >= 0.3 is 6.09 Å². The fraction of sp³-hybridized carbons (Fsp3) is 0.929. The van der Waals surface area contributed by atoms with Gasteiger partial charge < -0.3 is 14.7 Å². The minimum atomic E-state index is -0.420. The molecule has 1 aliphatic heterocycles. The highest BCUT2D eigenvalue weighted by molar-refractivity contribution is 5.68. The highest BCUT2D eigenvalue weighted by Gasteiger charge is 2.44. The van der Waals surface area contributed by atoms with E-state index in [9.17, 15) is 9.90 Å². The van der Waals surface area contributed by atoms with Crippen molar-refractivity contribution in [2.75, 3.05) is 13.1 Å². The van der Waals surface area contributed by atoms with Crippen molar-refractivity contribution >= 4 is 6.09 Å². The Morgan fingerprint density at radius 1 is 1.28 bits per heavy atom. The van der Waals surface area contributed by atoms with Crippen molar-refractivity contribution in [2.24, 2.45) is 17.8 Å². The molecule has 1 N–H and O–H groups in total. The Bertz CT molecular complexity index is 307. The second-order valence-corrected chi connectivity index (χ2v) is 6.88. The van der Waals surface area contributed by atoms with Crippen molar-refractivity contribution in [3.8, 4) is 0 Å². The van der Waals surface area contributed by atoms with Gasteiger partial charge in [-0.1, -0.05) is 0 Å². The molecule has 0 aromatic rings. The first-order valence-corrected chi connectivity index (χ1v) is 6.92. The fourth-order valence-corrected chi connectivity index (χ4v) is 3.22. The van der Waals surface area contributed by atoms with Crippen LogP contribution in [0.4, 0.5) is 4.79 Å². The van der Waals surface area contributed by atoms with Crippen molar-refractivity contribution < 1.29 is 14.6 Å². The molecule has 1 heterocycles. The predicted molar refractivity (Wildman–Crippen MR) is 69.2 cm³/mol. The van der Waals surface area contributed by atoms with Crippen LogP contribution in [-0.2, 0) is 4.74 Å². The summed E-state index contributed by atoms with van der Waals surface area (Å²) < 4.78 is 5.40. The number of hydrogen-bond acceptors (Lipinski definition) is 3. The lowest BCUT2D eigenvalue weighted by molar-refractivity contribution is 0.0271. The Labute approximate surface area is 109 Å². The molecule has 18 heavy (non-hydrogen) atoms. The van der Waals surface area contributed by atoms with Crippen LogP contribution in [0.1, 0.15) is 40.5 Å². The zero-order valence-corrected chi connectivity index (χ0v) is 11.8. The van der Waals surface area contributed by atoms with E-state index in [0.717, 1.165) is 25.9 Å². The molecule has 2 aliphatic rings. The minimum absolute atomic E-state index is 0.189. The SMILES string of the molecule is CC(O)C1C[C@@H]2CN(C(=O)OC(C)(C)C)C[C@H]2C1. The van der Waals surface area contributed by atoms with Crippen molar-refractivity contribution in [3.05, 3.63) is 0 Å². The summed E-state index contributed by atoms with van der Waals surface area (Å²) in [6, 6.07) is 0. The number of nitrogens with zero attached hydrogens (tertiary/aromatic N) is 1. The number of aliphatic hydroxyl groups excluding tert-OH is 1. The molecule has 0 aromatic carbocycles. The Morgan fingerprint density at radius 3 is 2.17 bits per heavy atom. The van der Waals surface area contributed by atoms with E-state index in [1.807, 2.05) is 32.6 Å². The van der Waals surface area contributed by atoms with Gasteiger partial charge in [-0.15, -0.1) is 0 Å². The second kappa shape index (κ2) is 4.72. The summed E-state index contributed by atoms with van der Waals surface area (Å²) in [5.41, 5.74) is -0.420. The van der Waals surface area contributed by atoms with E-state index in [1.54, 1.807) is 0 Å². The molecule has 1 unspecified atom stereocenters. The first-order valence-electron chi connectivity index (χ1n) is 6.92. The van der Waals surface area contributed by atoms with Crippen LogP contribution in [0.25, 0.3) is 0 Å². The number of carbonyl (C=O) groups excluding carboxylic acids is 1. The highest BCUT2D eigenvalue weighted by atomic mass is 16.6. The summed E-state index contributed by atoms with van der Waals surface area (Å²) in [6.45, 7) is 9.14. The number of carbonyl (C=O) groups is 1. The normalized spacial score (nSPS) is 30.4. The van der Waals surface area contributed by atoms with Gasteiger partial charge in [0.15, 0.2) is 0 Å². The molecule has 2 rings (SSSR count). The number of ether oxygens (including phenoxy) is 1. The lowest BCUT2D eigenvalue weighted by Gasteiger charge is -2.25. The first-order chi connectivity index (χ1) is 8.26. The molecule has 0 bridgehead atoms. The van der Waals surface area contributed by atoms with Gasteiger partial charge in [0.25, 0.3) is 0 Å². The number of fused-ring (bicyclic) bond motifs is 1. The predicted octanol–water partition coefficient (Wildman–Crippen LogP) is 2.26. The maximum absolute atomic E-state index is 12.0. The van der Waals surface area contributed by atoms with Crippen molar-refractivity contribution in [2.45, 2.75) is 52.2 Å². The summed E-state index contributed by atoms with van der Waals surface area (Å²) in [5.74, 6) is 1.52. The Morgan fingerprint density at radius 2 is 1.78 bits per heavy atom. The van der Waals surface area contributed by atoms with Crippen LogP contribution in [0.2, 0.25) is 0 Å². The largest absolute Gasteiger partial charge is 0.444 e. The molecular weight excluding hydrogens is 230 g/mol. The van der Waals surface area contributed by atoms with Gasteiger partial charge in [0.05, 0.1) is 6.10 Å². The van der Waals surface area contributed by atoms with Gasteiger partial charge in [-0.05, 0) is 58.3 Å². The van der Waals surface area contributed by atoms with Crippen LogP contribution in [0.15, 0.2) is 0 Å². The Kier molecular flexibility index (Phi) is 3.58. The third kappa shape index (κ3) is 2.97. The summed E-state index contributed by atoms with van der Waals surface area (Å²) in [5, 5.41) is 9.63. The molecule has 0 aromatic heterocycles. The lowest BCUT2D eigenvalue weighted by atomic mass is 10.0. The summed E-state index contributed by atoms with van der Waals surface area (Å²) in [6.07, 6.45) is 1.68. The average molecular weight is 255 g/mol. The van der Waals surface area contributed by atoms with Crippen LogP contribution in [-0.4, -0.2) is 40.9 Å². The topological polar surface area (TPSA) is 49.8 Å². The zero-order valence-electron chi connectivity index (χ0n) is 11.8. The van der Waals surface area contributed by atoms with Gasteiger partial charge in [-0.25, -0.2) is 4.79 Å². The highest BCUT2D eigenvalue weighted by Crippen LogP contribution is 2.43. The number of rotatable bonds is 1. The van der Waals surface area contributed by atoms with Crippen LogP contribution in [0.5, 0.6) is 0 Å². The van der Waals surface area contributed by atoms with E-state index in [2.05, 4.69) is 0 Å². The summed E-state index contributed by atoms with van der Waals surface area (Å²) in [4.78, 5) is 13.8. The monoisotopic (exact) mass is 255 g/mol. The lowest BCUT2D eigenvalue weighted by Crippen LogP contribution is -2.36. The van der Waals surface area contributed by atoms with E-state index in [4.69, 9.17) is 4.74 Å². The molecular formula is C14H25NO3. The van der Waals surface area contributed by atoms with Gasteiger partial charge in [0, 0.05) is 13.1 Å². The fourth-order valence-electron chi connectivity index (χ4n) is 3.22. The third-order valence-electron chi connectivity index (χ3n) is 4.12. The third-order valence-corrected chi connectivity index (χ3v) is 4.12. The molecule has 2 fully saturated rings. The van der Waals surface area contributed by atoms with Gasteiger partial charge in [0.2, 0.25) is 0 Å². The molecule has 1 amide bonds. The van der Waals surface area contributed by atoms with Crippen molar-refractivity contribution in [3.63, 3.8) is 0 Å². The second-order valence-electron chi connectivity index (χ2n) is 6.88. The molecule has 1 saturated heterocycles. The van der Waals surface area contributed by atoms with Crippen LogP contribution in [0.3, 0.4) is 0 Å². The van der Waals surface area contributed by atoms with E-state index >= 15 is 0 Å². The molecule has 1 saturated carbocycles. The number of hydrogen-bond donors (Lipinski definition) is 1. The molecule has 104 valence electrons. The minimum Gasteiger partial charge on any atom is -0.444 e. The van der Waals surface area contributed by atoms with Gasteiger partial charge in [-0.2, -0.15) is 0 Å². The van der Waals surface area contributed by atoms with E-state index in [0.29, 0.717) is 17.8 Å². The number of likely N-dealkylation sites (tertiary alicyclic amines) is 1. The molecule has 1 aliphatic carbocycles. The number of aliphatic hydroxyl groups is 1. The molecule has 4 nitrogen and oxygen atoms in total. The Hall–Kier alpha value is -0.770. The van der Waals surface area contributed by atoms with Crippen LogP contribution < -0.4 is 0 Å². The standard InChI is InChI=1S/C14H25NO3/c1-9(16)10-5-11-7-15(8-12(11)6-10)13(17)18-14(2,3)4/h9-12,16H,5-8H2,1-4H3/t9?,11-,12-/m1/s1. The quantitative estimate of drug-likeness (QED) is 0.782. The van der Waals surface area contributed by atoms with E-state index in [-0.39, 0.29) is 12.2 Å². The zero-order chi connectivity index (χ0) is 13.5. The van der Waals surface area contributed by atoms with Crippen molar-refractivity contribution in [1.82, 2.24) is 4.90 Å². The first kappa shape index (κ1) is 13.7.